The van der Waals surface area contributed by atoms with Crippen LogP contribution in [0, 0.1) is 28.6 Å². The molecule has 0 N–H and O–H groups in total. The Bertz CT molecular complexity index is 677. The number of hydrogen-bond donors (Lipinski definition) is 0. The molecule has 3 fully saturated rings. The van der Waals surface area contributed by atoms with Crippen LogP contribution in [0.2, 0.25) is 0 Å². The fraction of sp³-hybridized carbons (Fsp3) is 0.762. The van der Waals surface area contributed by atoms with Crippen molar-refractivity contribution in [3.05, 3.63) is 11.6 Å². The van der Waals surface area contributed by atoms with Crippen LogP contribution >= 0.6 is 0 Å². The third-order valence-electron chi connectivity index (χ3n) is 8.01. The van der Waals surface area contributed by atoms with Crippen molar-refractivity contribution < 1.29 is 19.1 Å². The normalized spacial score (nSPS) is 46.0. The Balaban J connectivity index is 1.68. The maximum absolute atomic E-state index is 13.1. The van der Waals surface area contributed by atoms with Gasteiger partial charge < -0.3 is 4.74 Å². The molecule has 0 aromatic heterocycles. The highest BCUT2D eigenvalue weighted by Gasteiger charge is 2.62. The molecule has 0 spiro atoms. The first-order chi connectivity index (χ1) is 11.8. The summed E-state index contributed by atoms with van der Waals surface area (Å²) in [7, 11) is 0. The minimum Gasteiger partial charge on any atom is -0.462 e. The zero-order valence-electron chi connectivity index (χ0n) is 15.5. The van der Waals surface area contributed by atoms with Gasteiger partial charge >= 0.3 is 5.97 Å². The SMILES string of the molecule is CC(=O)OC1CC[C@H]2[C@@H]3C(=O)CC4=CC(=O)CC[C@]4(C)[C@@H]3CC[C@]12C. The highest BCUT2D eigenvalue weighted by atomic mass is 16.5. The highest BCUT2D eigenvalue weighted by molar-refractivity contribution is 5.95. The molecule has 1 unspecified atom stereocenters. The Kier molecular flexibility index (Phi) is 3.75. The van der Waals surface area contributed by atoms with E-state index in [1.54, 1.807) is 6.08 Å². The molecular weight excluding hydrogens is 316 g/mol. The molecule has 3 saturated carbocycles. The summed E-state index contributed by atoms with van der Waals surface area (Å²) in [5.41, 5.74) is 0.992. The van der Waals surface area contributed by atoms with E-state index in [4.69, 9.17) is 4.74 Å². The van der Waals surface area contributed by atoms with Gasteiger partial charge in [-0.05, 0) is 55.4 Å². The first kappa shape index (κ1) is 17.0. The summed E-state index contributed by atoms with van der Waals surface area (Å²) in [6, 6.07) is 0. The molecule has 0 aliphatic heterocycles. The maximum Gasteiger partial charge on any atom is 0.302 e. The van der Waals surface area contributed by atoms with E-state index in [-0.39, 0.29) is 34.6 Å². The number of carbonyl (C=O) groups is 3. The van der Waals surface area contributed by atoms with E-state index in [1.807, 2.05) is 0 Å². The molecule has 0 radical (unpaired) electrons. The Morgan fingerprint density at radius 2 is 1.88 bits per heavy atom. The van der Waals surface area contributed by atoms with Gasteiger partial charge in [-0.25, -0.2) is 0 Å². The minimum atomic E-state index is -0.216. The van der Waals surface area contributed by atoms with Gasteiger partial charge in [-0.2, -0.15) is 0 Å². The second-order valence-electron chi connectivity index (χ2n) is 9.16. The number of ether oxygens (including phenoxy) is 1. The van der Waals surface area contributed by atoms with E-state index in [0.29, 0.717) is 30.5 Å². The predicted molar refractivity (Wildman–Crippen MR) is 92.7 cm³/mol. The summed E-state index contributed by atoms with van der Waals surface area (Å²) < 4.78 is 5.64. The molecule has 4 nitrogen and oxygen atoms in total. The van der Waals surface area contributed by atoms with Crippen molar-refractivity contribution in [2.75, 3.05) is 0 Å². The van der Waals surface area contributed by atoms with Gasteiger partial charge in [0.15, 0.2) is 5.78 Å². The average Bonchev–Trinajstić information content (AvgIpc) is 2.85. The summed E-state index contributed by atoms with van der Waals surface area (Å²) >= 11 is 0. The van der Waals surface area contributed by atoms with Crippen LogP contribution < -0.4 is 0 Å². The Morgan fingerprint density at radius 1 is 1.12 bits per heavy atom. The number of Topliss-reactive ketones (excluding diaryl/α,β-unsaturated/α-hetero) is 1. The zero-order chi connectivity index (χ0) is 18.0. The third kappa shape index (κ3) is 2.36. The molecular formula is C21H28O4. The number of allylic oxidation sites excluding steroid dienone is 1. The smallest absolute Gasteiger partial charge is 0.302 e. The van der Waals surface area contributed by atoms with Gasteiger partial charge in [0.05, 0.1) is 0 Å². The standard InChI is InChI=1S/C21H28O4/c1-12(22)25-18-5-4-15-19-16(7-9-21(15,18)3)20(2)8-6-14(23)10-13(20)11-17(19)24/h10,15-16,18-19H,4-9,11H2,1-3H3/t15-,16+,18?,19-,20-,21-/m0/s1. The topological polar surface area (TPSA) is 60.4 Å². The van der Waals surface area contributed by atoms with E-state index in [0.717, 1.165) is 37.7 Å². The van der Waals surface area contributed by atoms with Crippen molar-refractivity contribution in [3.8, 4) is 0 Å². The number of ketones is 2. The maximum atomic E-state index is 13.1. The van der Waals surface area contributed by atoms with Crippen LogP contribution in [-0.2, 0) is 19.1 Å². The quantitative estimate of drug-likeness (QED) is 0.682. The summed E-state index contributed by atoms with van der Waals surface area (Å²) in [6.45, 7) is 5.97. The van der Waals surface area contributed by atoms with Crippen LogP contribution in [0.15, 0.2) is 11.6 Å². The molecule has 4 rings (SSSR count). The minimum absolute atomic E-state index is 0.00661. The number of fused-ring (bicyclic) bond motifs is 5. The van der Waals surface area contributed by atoms with Crippen LogP contribution in [-0.4, -0.2) is 23.6 Å². The Morgan fingerprint density at radius 3 is 2.60 bits per heavy atom. The van der Waals surface area contributed by atoms with Gasteiger partial charge in [0.25, 0.3) is 0 Å². The Hall–Kier alpha value is -1.45. The molecule has 0 bridgehead atoms. The lowest BCUT2D eigenvalue weighted by Gasteiger charge is -2.56. The molecule has 4 aliphatic rings. The fourth-order valence-corrected chi connectivity index (χ4v) is 6.61. The predicted octanol–water partition coefficient (Wildman–Crippen LogP) is 3.63. The second kappa shape index (κ2) is 5.52. The number of hydrogen-bond acceptors (Lipinski definition) is 4. The summed E-state index contributed by atoms with van der Waals surface area (Å²) in [5, 5.41) is 0. The van der Waals surface area contributed by atoms with Gasteiger partial charge in [0, 0.05) is 31.1 Å². The first-order valence-corrected chi connectivity index (χ1v) is 9.69. The monoisotopic (exact) mass is 344 g/mol. The summed E-state index contributed by atoms with van der Waals surface area (Å²) in [4.78, 5) is 36.5. The number of carbonyl (C=O) groups excluding carboxylic acids is 3. The lowest BCUT2D eigenvalue weighted by molar-refractivity contribution is -0.159. The molecule has 0 amide bonds. The number of rotatable bonds is 1. The molecule has 0 heterocycles. The lowest BCUT2D eigenvalue weighted by atomic mass is 9.47. The fourth-order valence-electron chi connectivity index (χ4n) is 6.61. The molecule has 0 saturated heterocycles. The number of esters is 1. The van der Waals surface area contributed by atoms with Gasteiger partial charge in [-0.15, -0.1) is 0 Å². The van der Waals surface area contributed by atoms with Crippen LogP contribution in [0.4, 0.5) is 0 Å². The Labute approximate surface area is 149 Å². The molecule has 4 aliphatic carbocycles. The van der Waals surface area contributed by atoms with Crippen molar-refractivity contribution in [2.24, 2.45) is 28.6 Å². The molecule has 4 heteroatoms. The van der Waals surface area contributed by atoms with Crippen molar-refractivity contribution in [1.29, 1.82) is 0 Å². The summed E-state index contributed by atoms with van der Waals surface area (Å²) in [5.74, 6) is 0.973. The van der Waals surface area contributed by atoms with E-state index in [2.05, 4.69) is 13.8 Å². The van der Waals surface area contributed by atoms with Crippen molar-refractivity contribution in [2.45, 2.75) is 71.8 Å². The van der Waals surface area contributed by atoms with E-state index >= 15 is 0 Å². The summed E-state index contributed by atoms with van der Waals surface area (Å²) in [6.07, 6.45) is 7.46. The second-order valence-corrected chi connectivity index (χ2v) is 9.16. The van der Waals surface area contributed by atoms with Crippen LogP contribution in [0.25, 0.3) is 0 Å². The van der Waals surface area contributed by atoms with Crippen molar-refractivity contribution in [3.63, 3.8) is 0 Å². The third-order valence-corrected chi connectivity index (χ3v) is 8.01. The van der Waals surface area contributed by atoms with Gasteiger partial charge in [-0.1, -0.05) is 19.4 Å². The zero-order valence-corrected chi connectivity index (χ0v) is 15.5. The molecule has 6 atom stereocenters. The van der Waals surface area contributed by atoms with Gasteiger partial charge in [0.2, 0.25) is 0 Å². The van der Waals surface area contributed by atoms with Crippen molar-refractivity contribution >= 4 is 17.5 Å². The van der Waals surface area contributed by atoms with E-state index < -0.39 is 0 Å². The van der Waals surface area contributed by atoms with E-state index in [9.17, 15) is 14.4 Å². The largest absolute Gasteiger partial charge is 0.462 e. The van der Waals surface area contributed by atoms with Crippen LogP contribution in [0.5, 0.6) is 0 Å². The van der Waals surface area contributed by atoms with Crippen LogP contribution in [0.3, 0.4) is 0 Å². The van der Waals surface area contributed by atoms with E-state index in [1.165, 1.54) is 6.92 Å². The molecule has 0 aromatic carbocycles. The van der Waals surface area contributed by atoms with Crippen molar-refractivity contribution in [1.82, 2.24) is 0 Å². The van der Waals surface area contributed by atoms with Gasteiger partial charge in [0.1, 0.15) is 11.9 Å². The molecule has 136 valence electrons. The van der Waals surface area contributed by atoms with Crippen LogP contribution in [0.1, 0.15) is 65.7 Å². The molecule has 0 aromatic rings. The average molecular weight is 344 g/mol. The highest BCUT2D eigenvalue weighted by Crippen LogP contribution is 2.64. The lowest BCUT2D eigenvalue weighted by Crippen LogP contribution is -2.54. The molecule has 25 heavy (non-hydrogen) atoms. The first-order valence-electron chi connectivity index (χ1n) is 9.69. The van der Waals surface area contributed by atoms with Gasteiger partial charge in [-0.3, -0.25) is 14.4 Å².